The van der Waals surface area contributed by atoms with Crippen LogP contribution >= 0.6 is 11.3 Å². The van der Waals surface area contributed by atoms with Gasteiger partial charge in [0.25, 0.3) is 5.91 Å². The summed E-state index contributed by atoms with van der Waals surface area (Å²) in [6, 6.07) is 0. The third-order valence-corrected chi connectivity index (χ3v) is 4.98. The monoisotopic (exact) mass is 307 g/mol. The number of hydrogen-bond donors (Lipinski definition) is 0. The number of hydrogen-bond acceptors (Lipinski definition) is 5. The van der Waals surface area contributed by atoms with Crippen molar-refractivity contribution in [3.05, 3.63) is 16.4 Å². The fourth-order valence-corrected chi connectivity index (χ4v) is 3.71. The fourth-order valence-electron chi connectivity index (χ4n) is 2.63. The van der Waals surface area contributed by atoms with Crippen molar-refractivity contribution >= 4 is 28.1 Å². The van der Waals surface area contributed by atoms with Crippen LogP contribution in [0, 0.1) is 13.8 Å². The highest BCUT2D eigenvalue weighted by Crippen LogP contribution is 2.24. The van der Waals surface area contributed by atoms with Crippen LogP contribution in [-0.2, 0) is 4.79 Å². The van der Waals surface area contributed by atoms with Gasteiger partial charge in [0.15, 0.2) is 0 Å². The zero-order valence-corrected chi connectivity index (χ0v) is 13.1. The van der Waals surface area contributed by atoms with Crippen LogP contribution in [0.5, 0.6) is 0 Å². The molecule has 0 saturated carbocycles. The molecule has 2 aromatic rings. The summed E-state index contributed by atoms with van der Waals surface area (Å²) < 4.78 is 1.91. The van der Waals surface area contributed by atoms with Gasteiger partial charge in [-0.1, -0.05) is 11.3 Å². The number of aryl methyl sites for hydroxylation is 2. The van der Waals surface area contributed by atoms with Gasteiger partial charge in [0.05, 0.1) is 0 Å². The summed E-state index contributed by atoms with van der Waals surface area (Å²) >= 11 is 1.37. The average Bonchev–Trinajstić information content (AvgIpc) is 2.99. The van der Waals surface area contributed by atoms with Gasteiger partial charge in [-0.05, 0) is 13.8 Å². The van der Waals surface area contributed by atoms with E-state index in [1.807, 2.05) is 18.2 Å². The number of fused-ring (bicyclic) bond motifs is 1. The highest BCUT2D eigenvalue weighted by Gasteiger charge is 2.27. The molecule has 3 rings (SSSR count). The number of thiazole rings is 1. The zero-order valence-electron chi connectivity index (χ0n) is 12.3. The van der Waals surface area contributed by atoms with Crippen LogP contribution in [0.2, 0.25) is 0 Å². The Labute approximate surface area is 126 Å². The molecule has 1 aliphatic rings. The maximum absolute atomic E-state index is 12.6. The number of carbonyl (C=O) groups is 2. The van der Waals surface area contributed by atoms with Crippen LogP contribution in [0.25, 0.3) is 4.96 Å². The molecule has 112 valence electrons. The molecule has 0 aromatic carbocycles. The van der Waals surface area contributed by atoms with Crippen LogP contribution in [0.3, 0.4) is 0 Å². The second-order valence-electron chi connectivity index (χ2n) is 5.18. The van der Waals surface area contributed by atoms with Crippen LogP contribution in [0.1, 0.15) is 28.1 Å². The Morgan fingerprint density at radius 1 is 1.05 bits per heavy atom. The molecular formula is C13H17N5O2S. The van der Waals surface area contributed by atoms with E-state index < -0.39 is 0 Å². The normalized spacial score (nSPS) is 15.8. The van der Waals surface area contributed by atoms with Crippen molar-refractivity contribution in [2.45, 2.75) is 20.8 Å². The largest absolute Gasteiger partial charge is 0.339 e. The van der Waals surface area contributed by atoms with Crippen molar-refractivity contribution in [1.29, 1.82) is 0 Å². The molecule has 1 fully saturated rings. The Kier molecular flexibility index (Phi) is 3.40. The number of amides is 2. The summed E-state index contributed by atoms with van der Waals surface area (Å²) in [7, 11) is 0. The third-order valence-electron chi connectivity index (χ3n) is 3.86. The molecule has 0 aliphatic carbocycles. The van der Waals surface area contributed by atoms with E-state index in [4.69, 9.17) is 0 Å². The minimum Gasteiger partial charge on any atom is -0.339 e. The summed E-state index contributed by atoms with van der Waals surface area (Å²) in [4.78, 5) is 29.0. The molecule has 0 bridgehead atoms. The van der Waals surface area contributed by atoms with Crippen LogP contribution in [0.4, 0.5) is 0 Å². The summed E-state index contributed by atoms with van der Waals surface area (Å²) in [6.45, 7) is 7.71. The lowest BCUT2D eigenvalue weighted by molar-refractivity contribution is -0.130. The Hall–Kier alpha value is -1.96. The zero-order chi connectivity index (χ0) is 15.1. The minimum atomic E-state index is 0.0191. The average molecular weight is 307 g/mol. The van der Waals surface area contributed by atoms with Gasteiger partial charge in [-0.3, -0.25) is 14.0 Å². The minimum absolute atomic E-state index is 0.0191. The molecule has 0 N–H and O–H groups in total. The van der Waals surface area contributed by atoms with Crippen molar-refractivity contribution in [3.8, 4) is 0 Å². The van der Waals surface area contributed by atoms with Crippen molar-refractivity contribution in [1.82, 2.24) is 24.4 Å². The molecule has 0 radical (unpaired) electrons. The summed E-state index contributed by atoms with van der Waals surface area (Å²) in [5, 5.41) is 8.08. The summed E-state index contributed by atoms with van der Waals surface area (Å²) in [5.74, 6) is 0.874. The summed E-state index contributed by atoms with van der Waals surface area (Å²) in [6.07, 6.45) is 0. The molecule has 2 aromatic heterocycles. The number of aromatic nitrogens is 3. The number of nitrogens with zero attached hydrogens (tertiary/aromatic N) is 5. The van der Waals surface area contributed by atoms with Crippen LogP contribution in [-0.4, -0.2) is 62.4 Å². The van der Waals surface area contributed by atoms with E-state index in [2.05, 4.69) is 10.2 Å². The van der Waals surface area contributed by atoms with E-state index >= 15 is 0 Å². The van der Waals surface area contributed by atoms with Crippen molar-refractivity contribution in [2.75, 3.05) is 26.2 Å². The molecule has 1 saturated heterocycles. The molecule has 3 heterocycles. The van der Waals surface area contributed by atoms with E-state index in [0.29, 0.717) is 31.1 Å². The van der Waals surface area contributed by atoms with Crippen LogP contribution < -0.4 is 0 Å². The maximum Gasteiger partial charge on any atom is 0.265 e. The van der Waals surface area contributed by atoms with Crippen molar-refractivity contribution < 1.29 is 9.59 Å². The second kappa shape index (κ2) is 5.10. The van der Waals surface area contributed by atoms with Gasteiger partial charge in [0.1, 0.15) is 10.7 Å². The number of rotatable bonds is 1. The predicted octanol–water partition coefficient (Wildman–Crippen LogP) is 0.712. The number of carbonyl (C=O) groups excluding carboxylic acids is 2. The highest BCUT2D eigenvalue weighted by molar-refractivity contribution is 7.19. The lowest BCUT2D eigenvalue weighted by Crippen LogP contribution is -2.50. The summed E-state index contributed by atoms with van der Waals surface area (Å²) in [5.41, 5.74) is 0.886. The first-order valence-electron chi connectivity index (χ1n) is 6.85. The van der Waals surface area contributed by atoms with Gasteiger partial charge >= 0.3 is 0 Å². The quantitative estimate of drug-likeness (QED) is 0.778. The maximum atomic E-state index is 12.6. The molecular weight excluding hydrogens is 290 g/mol. The molecule has 0 atom stereocenters. The van der Waals surface area contributed by atoms with Crippen LogP contribution in [0.15, 0.2) is 0 Å². The van der Waals surface area contributed by atoms with E-state index in [1.54, 1.807) is 16.7 Å². The molecule has 0 unspecified atom stereocenters. The SMILES string of the molecule is CC(=O)N1CCN(C(=O)c2sc3nnc(C)n3c2C)CC1. The Bertz CT molecular complexity index is 712. The third kappa shape index (κ3) is 2.29. The van der Waals surface area contributed by atoms with E-state index in [9.17, 15) is 9.59 Å². The molecule has 0 spiro atoms. The van der Waals surface area contributed by atoms with E-state index in [1.165, 1.54) is 11.3 Å². The topological polar surface area (TPSA) is 70.8 Å². The Morgan fingerprint density at radius 3 is 2.24 bits per heavy atom. The Balaban J connectivity index is 1.81. The molecule has 1 aliphatic heterocycles. The molecule has 21 heavy (non-hydrogen) atoms. The van der Waals surface area contributed by atoms with E-state index in [0.717, 1.165) is 16.5 Å². The lowest BCUT2D eigenvalue weighted by atomic mass is 10.2. The second-order valence-corrected chi connectivity index (χ2v) is 6.16. The Morgan fingerprint density at radius 2 is 1.67 bits per heavy atom. The highest BCUT2D eigenvalue weighted by atomic mass is 32.1. The number of piperazine rings is 1. The van der Waals surface area contributed by atoms with Gasteiger partial charge in [0, 0.05) is 38.8 Å². The van der Waals surface area contributed by atoms with Gasteiger partial charge < -0.3 is 9.80 Å². The smallest absolute Gasteiger partial charge is 0.265 e. The predicted molar refractivity (Wildman–Crippen MR) is 78.5 cm³/mol. The lowest BCUT2D eigenvalue weighted by Gasteiger charge is -2.34. The molecule has 7 nitrogen and oxygen atoms in total. The first-order valence-corrected chi connectivity index (χ1v) is 7.66. The standard InChI is InChI=1S/C13H17N5O2S/c1-8-11(21-13-15-14-9(2)18(8)13)12(20)17-6-4-16(5-7-17)10(3)19/h4-7H2,1-3H3. The van der Waals surface area contributed by atoms with E-state index in [-0.39, 0.29) is 11.8 Å². The first kappa shape index (κ1) is 14.0. The van der Waals surface area contributed by atoms with Gasteiger partial charge in [-0.15, -0.1) is 10.2 Å². The van der Waals surface area contributed by atoms with Gasteiger partial charge in [-0.2, -0.15) is 0 Å². The first-order chi connectivity index (χ1) is 9.99. The van der Waals surface area contributed by atoms with Gasteiger partial charge in [0.2, 0.25) is 10.9 Å². The van der Waals surface area contributed by atoms with Crippen molar-refractivity contribution in [2.24, 2.45) is 0 Å². The molecule has 8 heteroatoms. The van der Waals surface area contributed by atoms with Crippen molar-refractivity contribution in [3.63, 3.8) is 0 Å². The fraction of sp³-hybridized carbons (Fsp3) is 0.538. The molecule has 2 amide bonds. The van der Waals surface area contributed by atoms with Gasteiger partial charge in [-0.25, -0.2) is 0 Å².